The highest BCUT2D eigenvalue weighted by Gasteiger charge is 2.53. The maximum atomic E-state index is 13.6. The summed E-state index contributed by atoms with van der Waals surface area (Å²) in [5, 5.41) is 3.58. The predicted octanol–water partition coefficient (Wildman–Crippen LogP) is 12.9. The SMILES string of the molecule is CCCCCCCCCCN(c1ccc(CCCC)cc1)c1ccc2c(c1)Oc1cc(C)c(Nc3ccccc3)cc1C21OC(=O)c2ccccc21. The lowest BCUT2D eigenvalue weighted by atomic mass is 9.77. The lowest BCUT2D eigenvalue weighted by Crippen LogP contribution is -2.33. The zero-order chi connectivity index (χ0) is 35.9. The standard InChI is InChI=1S/C47H52N2O3/c1-4-6-8-9-10-11-12-18-30-49(37-26-24-35(25-27-37)19-7-5-2)38-28-29-41-45(32-38)51-44-31-34(3)43(48-36-20-14-13-15-21-36)33-42(44)47(41)40-23-17-16-22-39(40)46(50)52-47/h13-17,20-29,31-33,48H,4-12,18-19,30H2,1-3H3. The summed E-state index contributed by atoms with van der Waals surface area (Å²) >= 11 is 0. The van der Waals surface area contributed by atoms with Crippen LogP contribution in [0.15, 0.2) is 109 Å². The number of hydrogen-bond donors (Lipinski definition) is 1. The number of aryl methyl sites for hydroxylation is 2. The van der Waals surface area contributed by atoms with E-state index in [0.717, 1.165) is 58.7 Å². The third-order valence-corrected chi connectivity index (χ3v) is 10.7. The maximum absolute atomic E-state index is 13.6. The second kappa shape index (κ2) is 16.1. The van der Waals surface area contributed by atoms with Crippen LogP contribution in [-0.4, -0.2) is 12.5 Å². The van der Waals surface area contributed by atoms with Crippen LogP contribution in [0.2, 0.25) is 0 Å². The third-order valence-electron chi connectivity index (χ3n) is 10.7. The van der Waals surface area contributed by atoms with Gasteiger partial charge in [-0.25, -0.2) is 4.79 Å². The number of rotatable bonds is 16. The average Bonchev–Trinajstić information content (AvgIpc) is 3.46. The number of ether oxygens (including phenoxy) is 2. The number of hydrogen-bond acceptors (Lipinski definition) is 5. The van der Waals surface area contributed by atoms with Gasteiger partial charge in [-0.1, -0.05) is 114 Å². The van der Waals surface area contributed by atoms with Gasteiger partial charge in [0, 0.05) is 52.1 Å². The van der Waals surface area contributed by atoms with Gasteiger partial charge in [0.25, 0.3) is 0 Å². The average molecular weight is 693 g/mol. The second-order valence-electron chi connectivity index (χ2n) is 14.4. The highest BCUT2D eigenvalue weighted by molar-refractivity contribution is 5.97. The molecule has 268 valence electrons. The summed E-state index contributed by atoms with van der Waals surface area (Å²) in [6, 6.07) is 37.6. The number of nitrogens with zero attached hydrogens (tertiary/aromatic N) is 1. The molecule has 0 saturated carbocycles. The molecule has 5 aromatic carbocycles. The van der Waals surface area contributed by atoms with E-state index in [1.807, 2.05) is 54.6 Å². The van der Waals surface area contributed by atoms with Crippen molar-refractivity contribution in [1.29, 1.82) is 0 Å². The van der Waals surface area contributed by atoms with Gasteiger partial charge >= 0.3 is 5.97 Å². The fraction of sp³-hybridized carbons (Fsp3) is 0.340. The number of unbranched alkanes of at least 4 members (excludes halogenated alkanes) is 8. The van der Waals surface area contributed by atoms with Crippen molar-refractivity contribution in [3.05, 3.63) is 143 Å². The van der Waals surface area contributed by atoms with Gasteiger partial charge in [-0.05, 0) is 91.9 Å². The fourth-order valence-corrected chi connectivity index (χ4v) is 7.82. The van der Waals surface area contributed by atoms with Crippen molar-refractivity contribution in [3.8, 4) is 11.5 Å². The van der Waals surface area contributed by atoms with E-state index in [0.29, 0.717) is 17.1 Å². The highest BCUT2D eigenvalue weighted by atomic mass is 16.6. The van der Waals surface area contributed by atoms with Crippen LogP contribution in [-0.2, 0) is 16.8 Å². The van der Waals surface area contributed by atoms with Crippen molar-refractivity contribution in [2.75, 3.05) is 16.8 Å². The molecule has 2 aliphatic heterocycles. The summed E-state index contributed by atoms with van der Waals surface area (Å²) < 4.78 is 13.4. The first-order chi connectivity index (χ1) is 25.5. The van der Waals surface area contributed by atoms with Gasteiger partial charge < -0.3 is 19.7 Å². The van der Waals surface area contributed by atoms with Crippen LogP contribution in [0, 0.1) is 6.92 Å². The molecule has 0 aliphatic carbocycles. The topological polar surface area (TPSA) is 50.8 Å². The molecule has 0 aromatic heterocycles. The minimum atomic E-state index is -1.14. The summed E-state index contributed by atoms with van der Waals surface area (Å²) in [7, 11) is 0. The van der Waals surface area contributed by atoms with E-state index >= 15 is 0 Å². The Hall–Kier alpha value is -5.03. The van der Waals surface area contributed by atoms with Crippen molar-refractivity contribution in [2.24, 2.45) is 0 Å². The largest absolute Gasteiger partial charge is 0.456 e. The zero-order valence-electron chi connectivity index (χ0n) is 31.0. The molecule has 5 heteroatoms. The fourth-order valence-electron chi connectivity index (χ4n) is 7.82. The molecule has 1 spiro atoms. The molecular weight excluding hydrogens is 641 g/mol. The Bertz CT molecular complexity index is 1990. The molecule has 5 nitrogen and oxygen atoms in total. The Morgan fingerprint density at radius 1 is 0.635 bits per heavy atom. The van der Waals surface area contributed by atoms with Crippen LogP contribution in [0.5, 0.6) is 11.5 Å². The van der Waals surface area contributed by atoms with Gasteiger partial charge in [-0.15, -0.1) is 0 Å². The maximum Gasteiger partial charge on any atom is 0.340 e. The van der Waals surface area contributed by atoms with E-state index < -0.39 is 5.60 Å². The smallest absolute Gasteiger partial charge is 0.340 e. The second-order valence-corrected chi connectivity index (χ2v) is 14.4. The number of nitrogens with one attached hydrogen (secondary N) is 1. The number of para-hydroxylation sites is 1. The zero-order valence-corrected chi connectivity index (χ0v) is 31.0. The Balaban J connectivity index is 1.26. The lowest BCUT2D eigenvalue weighted by molar-refractivity contribution is 0.0224. The van der Waals surface area contributed by atoms with Crippen LogP contribution in [0.4, 0.5) is 22.7 Å². The first kappa shape index (κ1) is 35.4. The number of benzene rings is 5. The molecule has 0 fully saturated rings. The Labute approximate surface area is 310 Å². The molecule has 5 aromatic rings. The number of anilines is 4. The quantitative estimate of drug-likeness (QED) is 0.0824. The Morgan fingerprint density at radius 3 is 2.08 bits per heavy atom. The molecule has 7 rings (SSSR count). The molecular formula is C47H52N2O3. The molecule has 52 heavy (non-hydrogen) atoms. The van der Waals surface area contributed by atoms with Crippen LogP contribution in [0.25, 0.3) is 0 Å². The minimum Gasteiger partial charge on any atom is -0.456 e. The summed E-state index contributed by atoms with van der Waals surface area (Å²) in [6.07, 6.45) is 13.7. The monoisotopic (exact) mass is 692 g/mol. The highest BCUT2D eigenvalue weighted by Crippen LogP contribution is 2.57. The van der Waals surface area contributed by atoms with Crippen molar-refractivity contribution < 1.29 is 14.3 Å². The van der Waals surface area contributed by atoms with Gasteiger partial charge in [0.15, 0.2) is 5.60 Å². The van der Waals surface area contributed by atoms with Gasteiger partial charge in [0.1, 0.15) is 11.5 Å². The van der Waals surface area contributed by atoms with Gasteiger partial charge in [-0.3, -0.25) is 0 Å². The number of carbonyl (C=O) groups is 1. The molecule has 1 atom stereocenters. The Morgan fingerprint density at radius 2 is 1.31 bits per heavy atom. The van der Waals surface area contributed by atoms with Gasteiger partial charge in [-0.2, -0.15) is 0 Å². The lowest BCUT2D eigenvalue weighted by Gasteiger charge is -2.38. The first-order valence-electron chi connectivity index (χ1n) is 19.5. The molecule has 2 heterocycles. The van der Waals surface area contributed by atoms with Crippen molar-refractivity contribution in [1.82, 2.24) is 0 Å². The van der Waals surface area contributed by atoms with E-state index in [1.54, 1.807) is 0 Å². The Kier molecular flexibility index (Phi) is 11.0. The van der Waals surface area contributed by atoms with Crippen LogP contribution >= 0.6 is 0 Å². The van der Waals surface area contributed by atoms with Crippen molar-refractivity contribution in [2.45, 2.75) is 97.0 Å². The van der Waals surface area contributed by atoms with Crippen LogP contribution in [0.3, 0.4) is 0 Å². The van der Waals surface area contributed by atoms with E-state index in [4.69, 9.17) is 9.47 Å². The summed E-state index contributed by atoms with van der Waals surface area (Å²) in [4.78, 5) is 16.0. The van der Waals surface area contributed by atoms with Gasteiger partial charge in [0.2, 0.25) is 0 Å². The summed E-state index contributed by atoms with van der Waals surface area (Å²) in [5.41, 5.74) is 8.52. The van der Waals surface area contributed by atoms with E-state index in [9.17, 15) is 4.79 Å². The molecule has 1 N–H and O–H groups in total. The molecule has 0 saturated heterocycles. The predicted molar refractivity (Wildman–Crippen MR) is 214 cm³/mol. The van der Waals surface area contributed by atoms with Crippen molar-refractivity contribution in [3.63, 3.8) is 0 Å². The van der Waals surface area contributed by atoms with E-state index in [-0.39, 0.29) is 5.97 Å². The first-order valence-corrected chi connectivity index (χ1v) is 19.5. The number of fused-ring (bicyclic) bond motifs is 6. The van der Waals surface area contributed by atoms with Crippen molar-refractivity contribution >= 4 is 28.7 Å². The molecule has 0 amide bonds. The van der Waals surface area contributed by atoms with Crippen LogP contribution < -0.4 is 15.0 Å². The normalized spacial score (nSPS) is 15.4. The van der Waals surface area contributed by atoms with E-state index in [2.05, 4.69) is 85.6 Å². The van der Waals surface area contributed by atoms with Crippen LogP contribution in [0.1, 0.15) is 116 Å². The minimum absolute atomic E-state index is 0.323. The third kappa shape index (κ3) is 7.19. The summed E-state index contributed by atoms with van der Waals surface area (Å²) in [5.74, 6) is 1.08. The van der Waals surface area contributed by atoms with E-state index in [1.165, 1.54) is 69.0 Å². The molecule has 1 unspecified atom stereocenters. The molecule has 2 aliphatic rings. The summed E-state index contributed by atoms with van der Waals surface area (Å²) in [6.45, 7) is 7.51. The van der Waals surface area contributed by atoms with Gasteiger partial charge in [0.05, 0.1) is 5.56 Å². The molecule has 0 radical (unpaired) electrons. The molecule has 0 bridgehead atoms. The number of carbonyl (C=O) groups excluding carboxylic acids is 1. The number of esters is 1.